The van der Waals surface area contributed by atoms with Crippen LogP contribution >= 0.6 is 0 Å². The van der Waals surface area contributed by atoms with Crippen molar-refractivity contribution in [1.29, 1.82) is 0 Å². The topological polar surface area (TPSA) is 83.5 Å². The molecule has 2 spiro atoms. The average Bonchev–Trinajstić information content (AvgIpc) is 2.83. The molecule has 35 heavy (non-hydrogen) atoms. The first-order chi connectivity index (χ1) is 16.8. The summed E-state index contributed by atoms with van der Waals surface area (Å²) in [5, 5.41) is 0. The van der Waals surface area contributed by atoms with Crippen LogP contribution in [-0.4, -0.2) is 61.6 Å². The van der Waals surface area contributed by atoms with Crippen LogP contribution in [0.3, 0.4) is 0 Å². The van der Waals surface area contributed by atoms with Crippen LogP contribution in [0.4, 0.5) is 0 Å². The van der Waals surface area contributed by atoms with Crippen LogP contribution in [0.2, 0.25) is 0 Å². The molecular formula is C27H39NO7. The van der Waals surface area contributed by atoms with Crippen LogP contribution < -0.4 is 9.47 Å². The Hall–Kier alpha value is -2.32. The van der Waals surface area contributed by atoms with Gasteiger partial charge in [-0.2, -0.15) is 0 Å². The monoisotopic (exact) mass is 489 g/mol. The average molecular weight is 490 g/mol. The molecule has 2 unspecified atom stereocenters. The molecule has 1 aromatic carbocycles. The van der Waals surface area contributed by atoms with Gasteiger partial charge in [0.2, 0.25) is 5.91 Å². The van der Waals surface area contributed by atoms with E-state index in [1.54, 1.807) is 14.2 Å². The molecule has 1 amide bonds. The zero-order valence-electron chi connectivity index (χ0n) is 21.6. The summed E-state index contributed by atoms with van der Waals surface area (Å²) in [5.41, 5.74) is 0.382. The van der Waals surface area contributed by atoms with Gasteiger partial charge in [0.15, 0.2) is 17.3 Å². The predicted molar refractivity (Wildman–Crippen MR) is 129 cm³/mol. The summed E-state index contributed by atoms with van der Waals surface area (Å²) in [6.07, 6.45) is 5.37. The zero-order valence-corrected chi connectivity index (χ0v) is 21.6. The molecule has 1 saturated carbocycles. The quantitative estimate of drug-likeness (QED) is 0.553. The number of hydrogen-bond donors (Lipinski definition) is 0. The van der Waals surface area contributed by atoms with E-state index in [1.807, 2.05) is 23.1 Å². The summed E-state index contributed by atoms with van der Waals surface area (Å²) in [6, 6.07) is 5.74. The van der Waals surface area contributed by atoms with E-state index < -0.39 is 11.3 Å². The molecule has 3 aliphatic rings. The molecule has 8 heteroatoms. The van der Waals surface area contributed by atoms with Gasteiger partial charge in [-0.05, 0) is 63.6 Å². The lowest BCUT2D eigenvalue weighted by atomic mass is 9.62. The number of hydrogen-bond acceptors (Lipinski definition) is 7. The van der Waals surface area contributed by atoms with Crippen LogP contribution in [-0.2, 0) is 30.3 Å². The molecule has 2 aliphatic heterocycles. The SMILES string of the molecule is COC(=O)C[C@@H]1C2(CCC[C@]13CCCC(=O)N3Cc1ccc(OC)c(OC)c1)OC(C)CC(C)O2. The molecule has 0 N–H and O–H groups in total. The number of likely N-dealkylation sites (tertiary alicyclic amines) is 1. The van der Waals surface area contributed by atoms with Crippen LogP contribution in [0.25, 0.3) is 0 Å². The summed E-state index contributed by atoms with van der Waals surface area (Å²) in [7, 11) is 4.62. The first kappa shape index (κ1) is 25.8. The molecule has 2 saturated heterocycles. The van der Waals surface area contributed by atoms with Crippen LogP contribution in [0.5, 0.6) is 11.5 Å². The molecule has 8 nitrogen and oxygen atoms in total. The number of esters is 1. The maximum Gasteiger partial charge on any atom is 0.306 e. The number of rotatable bonds is 6. The third-order valence-corrected chi connectivity index (χ3v) is 8.01. The Morgan fingerprint density at radius 3 is 2.37 bits per heavy atom. The van der Waals surface area contributed by atoms with Gasteiger partial charge < -0.3 is 28.6 Å². The molecule has 0 aromatic heterocycles. The second-order valence-electron chi connectivity index (χ2n) is 10.2. The van der Waals surface area contributed by atoms with Gasteiger partial charge in [0, 0.05) is 25.3 Å². The molecule has 194 valence electrons. The lowest BCUT2D eigenvalue weighted by Crippen LogP contribution is -2.69. The number of ether oxygens (including phenoxy) is 5. The van der Waals surface area contributed by atoms with Gasteiger partial charge in [0.05, 0.1) is 45.5 Å². The lowest BCUT2D eigenvalue weighted by Gasteiger charge is -2.61. The van der Waals surface area contributed by atoms with Crippen LogP contribution in [0.15, 0.2) is 18.2 Å². The van der Waals surface area contributed by atoms with E-state index in [1.165, 1.54) is 7.11 Å². The number of amides is 1. The fourth-order valence-electron chi connectivity index (χ4n) is 6.64. The smallest absolute Gasteiger partial charge is 0.306 e. The first-order valence-corrected chi connectivity index (χ1v) is 12.7. The largest absolute Gasteiger partial charge is 0.493 e. The Bertz CT molecular complexity index is 920. The van der Waals surface area contributed by atoms with E-state index >= 15 is 0 Å². The summed E-state index contributed by atoms with van der Waals surface area (Å²) >= 11 is 0. The Balaban J connectivity index is 1.76. The first-order valence-electron chi connectivity index (χ1n) is 12.7. The van der Waals surface area contributed by atoms with Crippen molar-refractivity contribution in [2.75, 3.05) is 21.3 Å². The van der Waals surface area contributed by atoms with E-state index in [9.17, 15) is 9.59 Å². The van der Waals surface area contributed by atoms with Gasteiger partial charge in [-0.25, -0.2) is 0 Å². The highest BCUT2D eigenvalue weighted by Crippen LogP contribution is 2.55. The number of methoxy groups -OCH3 is 3. The van der Waals surface area contributed by atoms with E-state index in [4.69, 9.17) is 23.7 Å². The van der Waals surface area contributed by atoms with Crippen molar-refractivity contribution in [3.63, 3.8) is 0 Å². The Labute approximate surface area is 208 Å². The molecule has 2 heterocycles. The number of carbonyl (C=O) groups excluding carboxylic acids is 2. The van der Waals surface area contributed by atoms with Gasteiger partial charge in [-0.3, -0.25) is 9.59 Å². The van der Waals surface area contributed by atoms with E-state index in [0.29, 0.717) is 30.9 Å². The van der Waals surface area contributed by atoms with Crippen molar-refractivity contribution < 1.29 is 33.3 Å². The summed E-state index contributed by atoms with van der Waals surface area (Å²) in [5.74, 6) is -0.199. The standard InChI is InChI=1S/C27H39NO7/c1-18-14-19(2)35-27(34-18)13-7-12-26(23(27)16-25(30)33-5)11-6-8-24(29)28(26)17-20-9-10-21(31-3)22(15-20)32-4/h9-10,15,18-19,23H,6-8,11-14,16-17H2,1-5H3/t18?,19?,23-,26+,27?/m0/s1. The minimum Gasteiger partial charge on any atom is -0.493 e. The highest BCUT2D eigenvalue weighted by atomic mass is 16.7. The van der Waals surface area contributed by atoms with Crippen LogP contribution in [0.1, 0.15) is 70.8 Å². The van der Waals surface area contributed by atoms with Crippen molar-refractivity contribution >= 4 is 11.9 Å². The second-order valence-corrected chi connectivity index (χ2v) is 10.2. The lowest BCUT2D eigenvalue weighted by molar-refractivity contribution is -0.361. The highest BCUT2D eigenvalue weighted by Gasteiger charge is 2.62. The van der Waals surface area contributed by atoms with Crippen molar-refractivity contribution in [2.24, 2.45) is 5.92 Å². The van der Waals surface area contributed by atoms with Crippen molar-refractivity contribution in [1.82, 2.24) is 4.90 Å². The van der Waals surface area contributed by atoms with Crippen molar-refractivity contribution in [2.45, 2.75) is 95.3 Å². The number of piperidine rings is 1. The van der Waals surface area contributed by atoms with Gasteiger partial charge in [0.1, 0.15) is 0 Å². The fraction of sp³-hybridized carbons (Fsp3) is 0.704. The molecule has 0 bridgehead atoms. The van der Waals surface area contributed by atoms with Gasteiger partial charge in [-0.15, -0.1) is 0 Å². The van der Waals surface area contributed by atoms with Crippen LogP contribution in [0, 0.1) is 5.92 Å². The summed E-state index contributed by atoms with van der Waals surface area (Å²) in [6.45, 7) is 4.54. The second kappa shape index (κ2) is 10.3. The van der Waals surface area contributed by atoms with E-state index in [-0.39, 0.29) is 36.4 Å². The van der Waals surface area contributed by atoms with Gasteiger partial charge >= 0.3 is 5.97 Å². The molecule has 4 atom stereocenters. The Morgan fingerprint density at radius 1 is 1.03 bits per heavy atom. The predicted octanol–water partition coefficient (Wildman–Crippen LogP) is 4.23. The molecule has 1 aliphatic carbocycles. The Kier molecular flexibility index (Phi) is 7.62. The summed E-state index contributed by atoms with van der Waals surface area (Å²) in [4.78, 5) is 28.2. The maximum atomic E-state index is 13.5. The third-order valence-electron chi connectivity index (χ3n) is 8.01. The molecule has 0 radical (unpaired) electrons. The molecule has 1 aromatic rings. The van der Waals surface area contributed by atoms with Crippen molar-refractivity contribution in [3.05, 3.63) is 23.8 Å². The molecule has 3 fully saturated rings. The Morgan fingerprint density at radius 2 is 1.71 bits per heavy atom. The normalized spacial score (nSPS) is 33.1. The van der Waals surface area contributed by atoms with Crippen molar-refractivity contribution in [3.8, 4) is 11.5 Å². The molecule has 4 rings (SSSR count). The maximum absolute atomic E-state index is 13.5. The number of benzene rings is 1. The molecular weight excluding hydrogens is 450 g/mol. The van der Waals surface area contributed by atoms with E-state index in [0.717, 1.165) is 37.7 Å². The zero-order chi connectivity index (χ0) is 25.2. The van der Waals surface area contributed by atoms with E-state index in [2.05, 4.69) is 13.8 Å². The van der Waals surface area contributed by atoms with Gasteiger partial charge in [-0.1, -0.05) is 6.07 Å². The minimum atomic E-state index is -0.920. The minimum absolute atomic E-state index is 0.00707. The van der Waals surface area contributed by atoms with Gasteiger partial charge in [0.25, 0.3) is 0 Å². The fourth-order valence-corrected chi connectivity index (χ4v) is 6.64. The summed E-state index contributed by atoms with van der Waals surface area (Å²) < 4.78 is 29.2. The highest BCUT2D eigenvalue weighted by molar-refractivity contribution is 5.78. The number of nitrogens with zero attached hydrogens (tertiary/aromatic N) is 1. The number of carbonyl (C=O) groups is 2. The third kappa shape index (κ3) is 4.87.